The van der Waals surface area contributed by atoms with Gasteiger partial charge in [-0.1, -0.05) is 41.9 Å². The maximum atomic E-state index is 11.7. The predicted molar refractivity (Wildman–Crippen MR) is 126 cm³/mol. The van der Waals surface area contributed by atoms with Gasteiger partial charge < -0.3 is 5.32 Å². The fourth-order valence-corrected chi connectivity index (χ4v) is 6.20. The second-order valence-corrected chi connectivity index (χ2v) is 11.3. The van der Waals surface area contributed by atoms with Crippen molar-refractivity contribution in [1.29, 1.82) is 0 Å². The second-order valence-electron chi connectivity index (χ2n) is 8.35. The van der Waals surface area contributed by atoms with E-state index in [1.165, 1.54) is 22.4 Å². The molecule has 1 fully saturated rings. The van der Waals surface area contributed by atoms with E-state index in [-0.39, 0.29) is 17.9 Å². The van der Waals surface area contributed by atoms with Crippen LogP contribution in [-0.2, 0) is 25.5 Å². The molecule has 1 heterocycles. The molecule has 1 N–H and O–H groups in total. The Morgan fingerprint density at radius 3 is 2.57 bits per heavy atom. The third kappa shape index (κ3) is 4.38. The Bertz CT molecular complexity index is 1010. The molecule has 7 heteroatoms. The van der Waals surface area contributed by atoms with Crippen LogP contribution in [0.3, 0.4) is 0 Å². The van der Waals surface area contributed by atoms with Crippen LogP contribution in [0.1, 0.15) is 41.9 Å². The number of anilines is 1. The van der Waals surface area contributed by atoms with Crippen molar-refractivity contribution < 1.29 is 12.6 Å². The zero-order valence-corrected chi connectivity index (χ0v) is 19.7. The summed E-state index contributed by atoms with van der Waals surface area (Å²) in [6.45, 7) is 1.03. The fraction of sp³-hybridized carbons (Fsp3) is 0.478. The van der Waals surface area contributed by atoms with E-state index in [2.05, 4.69) is 41.9 Å². The van der Waals surface area contributed by atoms with Gasteiger partial charge in [-0.2, -0.15) is 20.2 Å². The van der Waals surface area contributed by atoms with E-state index >= 15 is 0 Å². The van der Waals surface area contributed by atoms with Crippen molar-refractivity contribution in [3.05, 3.63) is 64.2 Å². The van der Waals surface area contributed by atoms with E-state index in [0.29, 0.717) is 17.4 Å². The van der Waals surface area contributed by atoms with Crippen LogP contribution >= 0.6 is 23.4 Å². The van der Waals surface area contributed by atoms with Gasteiger partial charge in [-0.3, -0.25) is 4.18 Å². The Labute approximate surface area is 188 Å². The molecule has 4 rings (SSSR count). The molecule has 30 heavy (non-hydrogen) atoms. The zero-order chi connectivity index (χ0) is 21.4. The summed E-state index contributed by atoms with van der Waals surface area (Å²) in [6, 6.07) is 14.7. The van der Waals surface area contributed by atoms with Crippen LogP contribution in [0.2, 0.25) is 5.02 Å². The highest BCUT2D eigenvalue weighted by molar-refractivity contribution is 7.97. The molecule has 2 unspecified atom stereocenters. The molecule has 0 bridgehead atoms. The van der Waals surface area contributed by atoms with Crippen molar-refractivity contribution >= 4 is 39.2 Å². The Morgan fingerprint density at radius 1 is 1.20 bits per heavy atom. The highest BCUT2D eigenvalue weighted by atomic mass is 35.5. The van der Waals surface area contributed by atoms with Gasteiger partial charge in [0, 0.05) is 34.3 Å². The molecule has 1 aliphatic carbocycles. The van der Waals surface area contributed by atoms with E-state index in [9.17, 15) is 8.42 Å². The number of rotatable bonds is 9. The monoisotopic (exact) mass is 465 g/mol. The lowest BCUT2D eigenvalue weighted by Gasteiger charge is -2.40. The molecule has 1 saturated carbocycles. The SMILES string of the molecule is CSCc1cccc2c1NCC2C(CCOS(C)(=O)=O)(c1ccc(Cl)cc1)C1CC1. The van der Waals surface area contributed by atoms with Crippen LogP contribution in [0.25, 0.3) is 0 Å². The molecule has 2 aromatic carbocycles. The molecule has 162 valence electrons. The quantitative estimate of drug-likeness (QED) is 0.500. The van der Waals surface area contributed by atoms with Gasteiger partial charge >= 0.3 is 0 Å². The van der Waals surface area contributed by atoms with Crippen LogP contribution in [0.5, 0.6) is 0 Å². The molecule has 0 saturated heterocycles. The Morgan fingerprint density at radius 2 is 1.93 bits per heavy atom. The van der Waals surface area contributed by atoms with Gasteiger partial charge in [0.05, 0.1) is 12.9 Å². The van der Waals surface area contributed by atoms with E-state index in [0.717, 1.165) is 31.4 Å². The van der Waals surface area contributed by atoms with Crippen molar-refractivity contribution in [2.75, 3.05) is 31.0 Å². The third-order valence-corrected chi connectivity index (χ3v) is 7.91. The van der Waals surface area contributed by atoms with Crippen LogP contribution in [-0.4, -0.2) is 34.1 Å². The Hall–Kier alpha value is -1.21. The topological polar surface area (TPSA) is 55.4 Å². The minimum absolute atomic E-state index is 0.189. The number of nitrogens with one attached hydrogen (secondary N) is 1. The fourth-order valence-electron chi connectivity index (χ4n) is 5.14. The molecule has 0 spiro atoms. The highest BCUT2D eigenvalue weighted by Crippen LogP contribution is 2.59. The van der Waals surface area contributed by atoms with Crippen LogP contribution < -0.4 is 5.32 Å². The Balaban J connectivity index is 1.78. The van der Waals surface area contributed by atoms with E-state index < -0.39 is 10.1 Å². The first-order chi connectivity index (χ1) is 14.3. The summed E-state index contributed by atoms with van der Waals surface area (Å²) in [5.41, 5.74) is 4.95. The summed E-state index contributed by atoms with van der Waals surface area (Å²) in [6.07, 6.45) is 6.20. The maximum Gasteiger partial charge on any atom is 0.264 e. The summed E-state index contributed by atoms with van der Waals surface area (Å²) in [4.78, 5) is 0. The first kappa shape index (κ1) is 22.0. The Kier molecular flexibility index (Phi) is 6.40. The lowest BCUT2D eigenvalue weighted by molar-refractivity contribution is 0.217. The van der Waals surface area contributed by atoms with Crippen molar-refractivity contribution in [1.82, 2.24) is 0 Å². The molecule has 0 amide bonds. The number of halogens is 1. The van der Waals surface area contributed by atoms with Crippen LogP contribution in [0.15, 0.2) is 42.5 Å². The number of hydrogen-bond donors (Lipinski definition) is 1. The third-order valence-electron chi connectivity index (χ3n) is 6.46. The number of para-hydroxylation sites is 1. The summed E-state index contributed by atoms with van der Waals surface area (Å²) >= 11 is 8.02. The van der Waals surface area contributed by atoms with Crippen LogP contribution in [0.4, 0.5) is 5.69 Å². The summed E-state index contributed by atoms with van der Waals surface area (Å²) in [5, 5.41) is 4.39. The summed E-state index contributed by atoms with van der Waals surface area (Å²) < 4.78 is 28.6. The molecular weight excluding hydrogens is 438 g/mol. The van der Waals surface area contributed by atoms with E-state index in [4.69, 9.17) is 15.8 Å². The molecule has 4 nitrogen and oxygen atoms in total. The van der Waals surface area contributed by atoms with E-state index in [1.807, 2.05) is 23.9 Å². The van der Waals surface area contributed by atoms with Gasteiger partial charge in [-0.05, 0) is 60.3 Å². The van der Waals surface area contributed by atoms with Gasteiger partial charge in [-0.15, -0.1) is 0 Å². The van der Waals surface area contributed by atoms with Crippen molar-refractivity contribution in [2.24, 2.45) is 5.92 Å². The normalized spacial score (nSPS) is 20.4. The molecular formula is C23H28ClNO3S2. The average Bonchev–Trinajstić information content (AvgIpc) is 3.45. The number of benzene rings is 2. The van der Waals surface area contributed by atoms with Gasteiger partial charge in [0.15, 0.2) is 0 Å². The largest absolute Gasteiger partial charge is 0.384 e. The van der Waals surface area contributed by atoms with Gasteiger partial charge in [0.1, 0.15) is 0 Å². The van der Waals surface area contributed by atoms with Crippen molar-refractivity contribution in [2.45, 2.75) is 36.3 Å². The number of thioether (sulfide) groups is 1. The number of fused-ring (bicyclic) bond motifs is 1. The van der Waals surface area contributed by atoms with Gasteiger partial charge in [-0.25, -0.2) is 0 Å². The van der Waals surface area contributed by atoms with E-state index in [1.54, 1.807) is 0 Å². The van der Waals surface area contributed by atoms with Crippen molar-refractivity contribution in [3.8, 4) is 0 Å². The maximum absolute atomic E-state index is 11.7. The first-order valence-electron chi connectivity index (χ1n) is 10.3. The zero-order valence-electron chi connectivity index (χ0n) is 17.4. The van der Waals surface area contributed by atoms with Crippen molar-refractivity contribution in [3.63, 3.8) is 0 Å². The lowest BCUT2D eigenvalue weighted by Crippen LogP contribution is -2.39. The van der Waals surface area contributed by atoms with Gasteiger partial charge in [0.25, 0.3) is 10.1 Å². The average molecular weight is 466 g/mol. The molecule has 2 atom stereocenters. The molecule has 2 aliphatic rings. The molecule has 1 aliphatic heterocycles. The summed E-state index contributed by atoms with van der Waals surface area (Å²) in [7, 11) is -3.48. The molecule has 2 aromatic rings. The predicted octanol–water partition coefficient (Wildman–Crippen LogP) is 5.43. The minimum atomic E-state index is -3.48. The molecule has 0 radical (unpaired) electrons. The first-order valence-corrected chi connectivity index (χ1v) is 13.9. The van der Waals surface area contributed by atoms with Crippen LogP contribution in [0, 0.1) is 5.92 Å². The standard InChI is InChI=1S/C23H28ClNO3S2/c1-29-15-16-4-3-5-20-21(14-25-22(16)20)23(17-6-7-17,12-13-28-30(2,26)27)18-8-10-19(24)11-9-18/h3-5,8-11,17,21,25H,6-7,12-15H2,1-2H3. The number of hydrogen-bond acceptors (Lipinski definition) is 5. The summed E-state index contributed by atoms with van der Waals surface area (Å²) in [5.74, 6) is 1.73. The lowest BCUT2D eigenvalue weighted by atomic mass is 9.63. The highest BCUT2D eigenvalue weighted by Gasteiger charge is 2.53. The second kappa shape index (κ2) is 8.73. The smallest absolute Gasteiger partial charge is 0.264 e. The molecule has 0 aromatic heterocycles. The minimum Gasteiger partial charge on any atom is -0.384 e. The van der Waals surface area contributed by atoms with Gasteiger partial charge in [0.2, 0.25) is 0 Å².